The molecule has 2 aromatic heterocycles. The predicted molar refractivity (Wildman–Crippen MR) is 275 cm³/mol. The van der Waals surface area contributed by atoms with Crippen molar-refractivity contribution in [3.8, 4) is 56.4 Å². The molecule has 0 aliphatic heterocycles. The highest BCUT2D eigenvalue weighted by Gasteiger charge is 2.41. The summed E-state index contributed by atoms with van der Waals surface area (Å²) in [6.07, 6.45) is 0. The van der Waals surface area contributed by atoms with Crippen LogP contribution in [0.25, 0.3) is 89.1 Å². The van der Waals surface area contributed by atoms with Crippen LogP contribution in [0, 0.1) is 0 Å². The molecule has 12 aromatic rings. The van der Waals surface area contributed by atoms with Crippen LogP contribution in [0.3, 0.4) is 0 Å². The monoisotopic (exact) mass is 859 g/mol. The quantitative estimate of drug-likeness (QED) is 0.107. The van der Waals surface area contributed by atoms with Gasteiger partial charge in [0.25, 0.3) is 0 Å². The number of fused-ring (bicyclic) bond motifs is 5. The van der Waals surface area contributed by atoms with Crippen molar-refractivity contribution in [1.82, 2.24) is 15.0 Å². The maximum Gasteiger partial charge on any atom is 0.179 e. The van der Waals surface area contributed by atoms with Gasteiger partial charge >= 0.3 is 0 Å². The standard InChI is InChI=1S/C61H41N3OSi/c1-5-16-42(17-6-1)43-28-32-46(33-29-43)59-62-60(47-34-30-44(31-35-47)48-37-39-57-56(41-48)55-38-36-45-18-13-14-27-54(45)58(55)65-57)64-61(63-59)49-19-15-26-53(40-49)66(50-20-7-2-8-21-50,51-22-9-3-10-23-51)52-24-11-4-12-25-52/h1-41H. The van der Waals surface area contributed by atoms with E-state index < -0.39 is 8.07 Å². The van der Waals surface area contributed by atoms with Crippen molar-refractivity contribution in [3.63, 3.8) is 0 Å². The average molecular weight is 860 g/mol. The summed E-state index contributed by atoms with van der Waals surface area (Å²) < 4.78 is 6.43. The normalized spacial score (nSPS) is 11.6. The van der Waals surface area contributed by atoms with E-state index >= 15 is 0 Å². The van der Waals surface area contributed by atoms with Crippen molar-refractivity contribution in [1.29, 1.82) is 0 Å². The summed E-state index contributed by atoms with van der Waals surface area (Å²) >= 11 is 0. The average Bonchev–Trinajstić information content (AvgIpc) is 3.79. The van der Waals surface area contributed by atoms with E-state index in [2.05, 4.69) is 243 Å². The molecule has 10 aromatic carbocycles. The Morgan fingerprint density at radius 2 is 0.712 bits per heavy atom. The topological polar surface area (TPSA) is 51.8 Å². The molecule has 0 aliphatic carbocycles. The van der Waals surface area contributed by atoms with Crippen LogP contribution in [-0.4, -0.2) is 23.0 Å². The maximum absolute atomic E-state index is 6.43. The van der Waals surface area contributed by atoms with Gasteiger partial charge in [-0.05, 0) is 66.6 Å². The molecule has 310 valence electrons. The lowest BCUT2D eigenvalue weighted by atomic mass is 10.0. The first-order chi connectivity index (χ1) is 32.7. The van der Waals surface area contributed by atoms with Crippen molar-refractivity contribution in [2.45, 2.75) is 0 Å². The lowest BCUT2D eigenvalue weighted by Crippen LogP contribution is -2.74. The number of benzene rings is 10. The predicted octanol–water partition coefficient (Wildman–Crippen LogP) is 12.6. The van der Waals surface area contributed by atoms with E-state index in [4.69, 9.17) is 19.4 Å². The fraction of sp³-hybridized carbons (Fsp3) is 0. The Morgan fingerprint density at radius 3 is 1.30 bits per heavy atom. The molecule has 66 heavy (non-hydrogen) atoms. The van der Waals surface area contributed by atoms with E-state index in [0.29, 0.717) is 17.5 Å². The van der Waals surface area contributed by atoms with E-state index in [1.807, 2.05) is 6.07 Å². The van der Waals surface area contributed by atoms with Gasteiger partial charge < -0.3 is 4.42 Å². The van der Waals surface area contributed by atoms with E-state index in [-0.39, 0.29) is 0 Å². The number of hydrogen-bond acceptors (Lipinski definition) is 4. The van der Waals surface area contributed by atoms with E-state index in [9.17, 15) is 0 Å². The Labute approximate surface area is 384 Å². The summed E-state index contributed by atoms with van der Waals surface area (Å²) in [4.78, 5) is 15.7. The Morgan fingerprint density at radius 1 is 0.273 bits per heavy atom. The Hall–Kier alpha value is -8.51. The fourth-order valence-electron chi connectivity index (χ4n) is 9.66. The molecular weight excluding hydrogens is 819 g/mol. The van der Waals surface area contributed by atoms with Gasteiger partial charge in [-0.25, -0.2) is 15.0 Å². The summed E-state index contributed by atoms with van der Waals surface area (Å²) in [6.45, 7) is 0. The first-order valence-electron chi connectivity index (χ1n) is 22.3. The highest BCUT2D eigenvalue weighted by atomic mass is 28.3. The van der Waals surface area contributed by atoms with E-state index in [0.717, 1.165) is 66.3 Å². The minimum atomic E-state index is -2.81. The second-order valence-corrected chi connectivity index (χ2v) is 20.5. The van der Waals surface area contributed by atoms with Crippen LogP contribution in [0.2, 0.25) is 0 Å². The van der Waals surface area contributed by atoms with Gasteiger partial charge in [0.2, 0.25) is 0 Å². The van der Waals surface area contributed by atoms with Crippen LogP contribution in [-0.2, 0) is 0 Å². The zero-order valence-corrected chi connectivity index (χ0v) is 36.9. The second kappa shape index (κ2) is 16.6. The molecule has 0 saturated heterocycles. The number of rotatable bonds is 9. The molecule has 0 radical (unpaired) electrons. The molecule has 0 spiro atoms. The molecule has 0 N–H and O–H groups in total. The third kappa shape index (κ3) is 6.90. The van der Waals surface area contributed by atoms with Gasteiger partial charge in [0.1, 0.15) is 11.2 Å². The molecule has 12 rings (SSSR count). The molecule has 4 nitrogen and oxygen atoms in total. The highest BCUT2D eigenvalue weighted by molar-refractivity contribution is 7.19. The fourth-order valence-corrected chi connectivity index (χ4v) is 14.5. The lowest BCUT2D eigenvalue weighted by Gasteiger charge is -2.34. The molecular formula is C61H41N3OSi. The molecule has 5 heteroatoms. The van der Waals surface area contributed by atoms with Crippen LogP contribution < -0.4 is 20.7 Å². The van der Waals surface area contributed by atoms with Crippen LogP contribution >= 0.6 is 0 Å². The summed E-state index contributed by atoms with van der Waals surface area (Å²) in [5, 5.41) is 9.68. The number of aromatic nitrogens is 3. The van der Waals surface area contributed by atoms with Crippen LogP contribution in [0.5, 0.6) is 0 Å². The van der Waals surface area contributed by atoms with Gasteiger partial charge in [0, 0.05) is 32.8 Å². The van der Waals surface area contributed by atoms with Crippen molar-refractivity contribution in [2.75, 3.05) is 0 Å². The largest absolute Gasteiger partial charge is 0.455 e. The third-order valence-corrected chi connectivity index (χ3v) is 17.7. The SMILES string of the molecule is c1ccc(-c2ccc(-c3nc(-c4ccc(-c5ccc6oc7c8ccccc8ccc7c6c5)cc4)nc(-c4cccc([Si](c5ccccc5)(c5ccccc5)c5ccccc5)c4)n3)cc2)cc1. The minimum Gasteiger partial charge on any atom is -0.455 e. The van der Waals surface area contributed by atoms with Crippen molar-refractivity contribution in [3.05, 3.63) is 249 Å². The van der Waals surface area contributed by atoms with Crippen LogP contribution in [0.15, 0.2) is 253 Å². The third-order valence-electron chi connectivity index (χ3n) is 12.9. The van der Waals surface area contributed by atoms with Gasteiger partial charge in [0.15, 0.2) is 25.5 Å². The van der Waals surface area contributed by atoms with Crippen molar-refractivity contribution < 1.29 is 4.42 Å². The van der Waals surface area contributed by atoms with Gasteiger partial charge in [-0.1, -0.05) is 231 Å². The molecule has 0 bridgehead atoms. The van der Waals surface area contributed by atoms with Crippen molar-refractivity contribution in [2.24, 2.45) is 0 Å². The maximum atomic E-state index is 6.43. The number of furan rings is 1. The van der Waals surface area contributed by atoms with Gasteiger partial charge in [-0.15, -0.1) is 0 Å². The van der Waals surface area contributed by atoms with E-state index in [1.165, 1.54) is 26.1 Å². The summed E-state index contributed by atoms with van der Waals surface area (Å²) in [5.41, 5.74) is 9.06. The Kier molecular flexibility index (Phi) is 9.81. The number of hydrogen-bond donors (Lipinski definition) is 0. The van der Waals surface area contributed by atoms with Crippen LogP contribution in [0.1, 0.15) is 0 Å². The van der Waals surface area contributed by atoms with Gasteiger partial charge in [-0.2, -0.15) is 0 Å². The molecule has 0 saturated carbocycles. The molecule has 0 amide bonds. The van der Waals surface area contributed by atoms with Gasteiger partial charge in [-0.3, -0.25) is 0 Å². The first-order valence-corrected chi connectivity index (χ1v) is 24.3. The zero-order chi connectivity index (χ0) is 43.9. The molecule has 0 unspecified atom stereocenters. The van der Waals surface area contributed by atoms with E-state index in [1.54, 1.807) is 0 Å². The Bertz CT molecular complexity index is 3570. The summed E-state index contributed by atoms with van der Waals surface area (Å²) in [5.74, 6) is 1.85. The molecule has 0 aliphatic rings. The second-order valence-electron chi connectivity index (χ2n) is 16.7. The van der Waals surface area contributed by atoms with Crippen LogP contribution in [0.4, 0.5) is 0 Å². The summed E-state index contributed by atoms with van der Waals surface area (Å²) in [7, 11) is -2.81. The molecule has 2 heterocycles. The smallest absolute Gasteiger partial charge is 0.179 e. The lowest BCUT2D eigenvalue weighted by molar-refractivity contribution is 0.672. The molecule has 0 atom stereocenters. The first kappa shape index (κ1) is 39.1. The minimum absolute atomic E-state index is 0.611. The summed E-state index contributed by atoms with van der Waals surface area (Å²) in [6, 6.07) is 88.6. The number of nitrogens with zero attached hydrogens (tertiary/aromatic N) is 3. The Balaban J connectivity index is 0.986. The van der Waals surface area contributed by atoms with Gasteiger partial charge in [0.05, 0.1) is 0 Å². The highest BCUT2D eigenvalue weighted by Crippen LogP contribution is 2.37. The van der Waals surface area contributed by atoms with Crippen molar-refractivity contribution >= 4 is 61.5 Å². The molecule has 0 fully saturated rings. The zero-order valence-electron chi connectivity index (χ0n) is 35.9.